The Kier molecular flexibility index (Phi) is 5.35. The van der Waals surface area contributed by atoms with Crippen LogP contribution in [0.25, 0.3) is 0 Å². The highest BCUT2D eigenvalue weighted by Gasteiger charge is 2.11. The summed E-state index contributed by atoms with van der Waals surface area (Å²) in [6.45, 7) is 4.66. The van der Waals surface area contributed by atoms with Gasteiger partial charge in [-0.15, -0.1) is 0 Å². The Morgan fingerprint density at radius 3 is 2.60 bits per heavy atom. The Hall–Kier alpha value is -0.720. The lowest BCUT2D eigenvalue weighted by molar-refractivity contribution is 0.180. The van der Waals surface area contributed by atoms with E-state index in [0.717, 1.165) is 15.1 Å². The quantitative estimate of drug-likeness (QED) is 0.571. The molecule has 0 aliphatic carbocycles. The lowest BCUT2D eigenvalue weighted by atomic mass is 10.0. The van der Waals surface area contributed by atoms with Crippen molar-refractivity contribution in [3.63, 3.8) is 0 Å². The van der Waals surface area contributed by atoms with Crippen LogP contribution in [0.2, 0.25) is 5.15 Å². The topological polar surface area (TPSA) is 35.0 Å². The van der Waals surface area contributed by atoms with Crippen molar-refractivity contribution < 1.29 is 4.74 Å². The fraction of sp³-hybridized carbons (Fsp3) is 0.333. The molecule has 0 fully saturated rings. The summed E-state index contributed by atoms with van der Waals surface area (Å²) < 4.78 is 6.01. The Morgan fingerprint density at radius 2 is 1.95 bits per heavy atom. The molecule has 0 saturated heterocycles. The molecule has 1 aromatic heterocycles. The largest absolute Gasteiger partial charge is 0.378 e. The van der Waals surface area contributed by atoms with E-state index in [2.05, 4.69) is 64.6 Å². The van der Waals surface area contributed by atoms with Gasteiger partial charge in [0.2, 0.25) is 0 Å². The molecule has 0 aliphatic heterocycles. The molecule has 0 radical (unpaired) electrons. The zero-order valence-electron chi connectivity index (χ0n) is 11.7. The van der Waals surface area contributed by atoms with E-state index in [1.54, 1.807) is 7.11 Å². The molecule has 2 aromatic rings. The highest BCUT2D eigenvalue weighted by atomic mass is 127. The maximum atomic E-state index is 6.16. The van der Waals surface area contributed by atoms with E-state index in [1.165, 1.54) is 16.7 Å². The van der Waals surface area contributed by atoms with Crippen LogP contribution in [0.1, 0.15) is 28.2 Å². The third-order valence-electron chi connectivity index (χ3n) is 3.14. The molecule has 0 N–H and O–H groups in total. The third-order valence-corrected chi connectivity index (χ3v) is 4.87. The van der Waals surface area contributed by atoms with Crippen LogP contribution in [-0.2, 0) is 17.8 Å². The zero-order valence-corrected chi connectivity index (χ0v) is 14.6. The predicted molar refractivity (Wildman–Crippen MR) is 89.2 cm³/mol. The summed E-state index contributed by atoms with van der Waals surface area (Å²) in [6, 6.07) is 6.39. The van der Waals surface area contributed by atoms with Crippen molar-refractivity contribution in [1.82, 2.24) is 9.97 Å². The summed E-state index contributed by atoms with van der Waals surface area (Å²) in [5, 5.41) is 0.492. The summed E-state index contributed by atoms with van der Waals surface area (Å²) in [4.78, 5) is 8.90. The van der Waals surface area contributed by atoms with E-state index >= 15 is 0 Å². The fourth-order valence-corrected chi connectivity index (χ4v) is 2.52. The molecule has 0 atom stereocenters. The summed E-state index contributed by atoms with van der Waals surface area (Å²) in [6.07, 6.45) is 0.675. The first-order chi connectivity index (χ1) is 9.51. The Labute approximate surface area is 137 Å². The van der Waals surface area contributed by atoms with Gasteiger partial charge in [0, 0.05) is 13.5 Å². The number of aryl methyl sites for hydroxylation is 2. The molecule has 2 rings (SSSR count). The smallest absolute Gasteiger partial charge is 0.146 e. The van der Waals surface area contributed by atoms with Crippen molar-refractivity contribution in [1.29, 1.82) is 0 Å². The number of hydrogen-bond donors (Lipinski definition) is 0. The van der Waals surface area contributed by atoms with Crippen LogP contribution in [0.3, 0.4) is 0 Å². The minimum Gasteiger partial charge on any atom is -0.378 e. The Balaban J connectivity index is 2.31. The highest BCUT2D eigenvalue weighted by molar-refractivity contribution is 14.1. The number of hydrogen-bond acceptors (Lipinski definition) is 3. The third kappa shape index (κ3) is 3.68. The van der Waals surface area contributed by atoms with Crippen molar-refractivity contribution in [2.45, 2.75) is 26.9 Å². The van der Waals surface area contributed by atoms with Gasteiger partial charge in [-0.2, -0.15) is 0 Å². The van der Waals surface area contributed by atoms with Gasteiger partial charge in [0.25, 0.3) is 0 Å². The summed E-state index contributed by atoms with van der Waals surface area (Å²) in [7, 11) is 1.65. The van der Waals surface area contributed by atoms with Gasteiger partial charge in [0.1, 0.15) is 11.0 Å². The van der Waals surface area contributed by atoms with Crippen molar-refractivity contribution in [2.75, 3.05) is 7.11 Å². The molecule has 0 saturated carbocycles. The van der Waals surface area contributed by atoms with Crippen LogP contribution in [0.5, 0.6) is 0 Å². The van der Waals surface area contributed by atoms with E-state index in [0.29, 0.717) is 18.2 Å². The molecule has 0 spiro atoms. The molecular weight excluding hydrogens is 387 g/mol. The maximum Gasteiger partial charge on any atom is 0.146 e. The average molecular weight is 403 g/mol. The molecular formula is C15H16ClIN2O. The van der Waals surface area contributed by atoms with Crippen molar-refractivity contribution in [3.8, 4) is 0 Å². The fourth-order valence-electron chi connectivity index (χ4n) is 1.92. The van der Waals surface area contributed by atoms with Crippen LogP contribution < -0.4 is 0 Å². The highest BCUT2D eigenvalue weighted by Crippen LogP contribution is 2.21. The number of rotatable bonds is 4. The van der Waals surface area contributed by atoms with Gasteiger partial charge >= 0.3 is 0 Å². The Bertz CT molecular complexity index is 632. The van der Waals surface area contributed by atoms with Crippen molar-refractivity contribution >= 4 is 34.2 Å². The molecule has 106 valence electrons. The van der Waals surface area contributed by atoms with Gasteiger partial charge in [-0.1, -0.05) is 29.8 Å². The molecule has 0 unspecified atom stereocenters. The Morgan fingerprint density at radius 1 is 1.20 bits per heavy atom. The normalized spacial score (nSPS) is 10.8. The number of aromatic nitrogens is 2. The van der Waals surface area contributed by atoms with Crippen LogP contribution in [0, 0.1) is 17.4 Å². The first-order valence-corrected chi connectivity index (χ1v) is 7.72. The minimum atomic E-state index is 0.445. The summed E-state index contributed by atoms with van der Waals surface area (Å²) in [5.74, 6) is 0.728. The van der Waals surface area contributed by atoms with Crippen LogP contribution in [0.4, 0.5) is 0 Å². The van der Waals surface area contributed by atoms with E-state index in [1.807, 2.05) is 0 Å². The van der Waals surface area contributed by atoms with E-state index < -0.39 is 0 Å². The maximum absolute atomic E-state index is 6.16. The van der Waals surface area contributed by atoms with Gasteiger partial charge in [0.05, 0.1) is 15.9 Å². The summed E-state index contributed by atoms with van der Waals surface area (Å²) in [5.41, 5.74) is 4.59. The van der Waals surface area contributed by atoms with Gasteiger partial charge in [0.15, 0.2) is 0 Å². The first-order valence-electron chi connectivity index (χ1n) is 6.27. The molecule has 1 aromatic carbocycles. The van der Waals surface area contributed by atoms with Gasteiger partial charge in [-0.25, -0.2) is 9.97 Å². The number of nitrogens with zero attached hydrogens (tertiary/aromatic N) is 2. The standard InChI is InChI=1S/C15H16ClIN2O/c1-9-4-5-11(6-10(9)2)7-13-18-12(8-20-3)14(17)15(16)19-13/h4-6H,7-8H2,1-3H3. The van der Waals surface area contributed by atoms with Crippen LogP contribution >= 0.6 is 34.2 Å². The zero-order chi connectivity index (χ0) is 14.7. The van der Waals surface area contributed by atoms with Crippen molar-refractivity contribution in [3.05, 3.63) is 55.1 Å². The summed E-state index contributed by atoms with van der Waals surface area (Å²) >= 11 is 8.31. The van der Waals surface area contributed by atoms with E-state index in [9.17, 15) is 0 Å². The van der Waals surface area contributed by atoms with Crippen LogP contribution in [-0.4, -0.2) is 17.1 Å². The number of halogens is 2. The lowest BCUT2D eigenvalue weighted by Gasteiger charge is -2.09. The van der Waals surface area contributed by atoms with Gasteiger partial charge in [-0.05, 0) is 53.1 Å². The number of ether oxygens (including phenoxy) is 1. The van der Waals surface area contributed by atoms with E-state index in [-0.39, 0.29) is 0 Å². The first kappa shape index (κ1) is 15.7. The predicted octanol–water partition coefficient (Wildman–Crippen LogP) is 4.09. The van der Waals surface area contributed by atoms with Crippen molar-refractivity contribution in [2.24, 2.45) is 0 Å². The van der Waals surface area contributed by atoms with Gasteiger partial charge in [-0.3, -0.25) is 0 Å². The SMILES string of the molecule is COCc1nc(Cc2ccc(C)c(C)c2)nc(Cl)c1I. The number of methoxy groups -OCH3 is 1. The lowest BCUT2D eigenvalue weighted by Crippen LogP contribution is -2.05. The van der Waals surface area contributed by atoms with Crippen LogP contribution in [0.15, 0.2) is 18.2 Å². The second-order valence-electron chi connectivity index (χ2n) is 4.72. The van der Waals surface area contributed by atoms with Gasteiger partial charge < -0.3 is 4.74 Å². The number of benzene rings is 1. The average Bonchev–Trinajstić information content (AvgIpc) is 2.40. The molecule has 0 amide bonds. The molecule has 0 bridgehead atoms. The molecule has 3 nitrogen and oxygen atoms in total. The van der Waals surface area contributed by atoms with E-state index in [4.69, 9.17) is 16.3 Å². The second kappa shape index (κ2) is 6.83. The molecule has 5 heteroatoms. The minimum absolute atomic E-state index is 0.445. The second-order valence-corrected chi connectivity index (χ2v) is 6.16. The molecule has 20 heavy (non-hydrogen) atoms. The monoisotopic (exact) mass is 402 g/mol. The molecule has 1 heterocycles. The molecule has 0 aliphatic rings.